The lowest BCUT2D eigenvalue weighted by Crippen LogP contribution is -2.05. The molecule has 2 rings (SSSR count). The Morgan fingerprint density at radius 2 is 2.24 bits per heavy atom. The van der Waals surface area contributed by atoms with Gasteiger partial charge in [0.1, 0.15) is 0 Å². The van der Waals surface area contributed by atoms with Gasteiger partial charge in [-0.15, -0.1) is 0 Å². The Labute approximate surface area is 100 Å². The molecule has 1 aromatic rings. The largest absolute Gasteiger partial charge is 0.504 e. The number of carbonyl (C=O) groups excluding carboxylic acids is 1. The summed E-state index contributed by atoms with van der Waals surface area (Å²) in [6, 6.07) is 4.50. The number of ether oxygens (including phenoxy) is 2. The Kier molecular flexibility index (Phi) is 3.52. The Hall–Kier alpha value is -1.71. The Morgan fingerprint density at radius 3 is 2.88 bits per heavy atom. The molecule has 17 heavy (non-hydrogen) atoms. The Morgan fingerprint density at radius 1 is 1.47 bits per heavy atom. The predicted octanol–water partition coefficient (Wildman–Crippen LogP) is 2.36. The first-order valence-corrected chi connectivity index (χ1v) is 5.83. The third-order valence-corrected chi connectivity index (χ3v) is 2.64. The van der Waals surface area contributed by atoms with E-state index in [2.05, 4.69) is 0 Å². The zero-order valence-electron chi connectivity index (χ0n) is 9.81. The number of esters is 1. The lowest BCUT2D eigenvalue weighted by molar-refractivity contribution is 0.0526. The SMILES string of the molecule is CCOC(=O)c1ccc(O)c(OCC2CC2)c1. The number of benzene rings is 1. The van der Waals surface area contributed by atoms with E-state index in [1.54, 1.807) is 6.92 Å². The van der Waals surface area contributed by atoms with E-state index in [-0.39, 0.29) is 5.75 Å². The molecule has 1 saturated carbocycles. The predicted molar refractivity (Wildman–Crippen MR) is 62.3 cm³/mol. The summed E-state index contributed by atoms with van der Waals surface area (Å²) in [5.74, 6) is 0.602. The minimum Gasteiger partial charge on any atom is -0.504 e. The van der Waals surface area contributed by atoms with Crippen LogP contribution in [0.5, 0.6) is 11.5 Å². The van der Waals surface area contributed by atoms with E-state index in [0.717, 1.165) is 0 Å². The first kappa shape index (κ1) is 11.8. The van der Waals surface area contributed by atoms with Crippen LogP contribution in [0.4, 0.5) is 0 Å². The third kappa shape index (κ3) is 3.12. The van der Waals surface area contributed by atoms with Crippen LogP contribution in [-0.4, -0.2) is 24.3 Å². The summed E-state index contributed by atoms with van der Waals surface area (Å²) in [6.07, 6.45) is 2.36. The van der Waals surface area contributed by atoms with Crippen molar-refractivity contribution in [1.82, 2.24) is 0 Å². The van der Waals surface area contributed by atoms with E-state index in [1.165, 1.54) is 31.0 Å². The molecule has 92 valence electrons. The van der Waals surface area contributed by atoms with E-state index in [9.17, 15) is 9.90 Å². The molecule has 4 nitrogen and oxygen atoms in total. The monoisotopic (exact) mass is 236 g/mol. The second-order valence-corrected chi connectivity index (χ2v) is 4.16. The lowest BCUT2D eigenvalue weighted by atomic mass is 10.2. The van der Waals surface area contributed by atoms with Crippen LogP contribution in [0.3, 0.4) is 0 Å². The van der Waals surface area contributed by atoms with E-state index < -0.39 is 5.97 Å². The van der Waals surface area contributed by atoms with Gasteiger partial charge >= 0.3 is 5.97 Å². The first-order valence-electron chi connectivity index (χ1n) is 5.83. The van der Waals surface area contributed by atoms with Crippen molar-refractivity contribution in [3.05, 3.63) is 23.8 Å². The summed E-state index contributed by atoms with van der Waals surface area (Å²) in [7, 11) is 0. The van der Waals surface area contributed by atoms with Gasteiger partial charge in [-0.1, -0.05) is 0 Å². The molecule has 0 saturated heterocycles. The molecule has 0 bridgehead atoms. The number of carbonyl (C=O) groups is 1. The molecule has 1 fully saturated rings. The number of aromatic hydroxyl groups is 1. The molecule has 4 heteroatoms. The Balaban J connectivity index is 2.07. The zero-order chi connectivity index (χ0) is 12.3. The van der Waals surface area contributed by atoms with Crippen LogP contribution in [0.25, 0.3) is 0 Å². The molecule has 1 N–H and O–H groups in total. The van der Waals surface area contributed by atoms with Gasteiger partial charge < -0.3 is 14.6 Å². The molecule has 0 unspecified atom stereocenters. The average Bonchev–Trinajstić information content (AvgIpc) is 3.12. The van der Waals surface area contributed by atoms with Crippen molar-refractivity contribution in [3.8, 4) is 11.5 Å². The van der Waals surface area contributed by atoms with Gasteiger partial charge in [0, 0.05) is 0 Å². The maximum atomic E-state index is 11.5. The van der Waals surface area contributed by atoms with Crippen LogP contribution in [0.15, 0.2) is 18.2 Å². The molecule has 0 spiro atoms. The normalized spacial score (nSPS) is 14.4. The van der Waals surface area contributed by atoms with Crippen LogP contribution in [0.2, 0.25) is 0 Å². The summed E-state index contributed by atoms with van der Waals surface area (Å²) < 4.78 is 10.4. The van der Waals surface area contributed by atoms with E-state index in [1.807, 2.05) is 0 Å². The van der Waals surface area contributed by atoms with Crippen molar-refractivity contribution in [1.29, 1.82) is 0 Å². The fraction of sp³-hybridized carbons (Fsp3) is 0.462. The van der Waals surface area contributed by atoms with Crippen LogP contribution >= 0.6 is 0 Å². The van der Waals surface area contributed by atoms with Gasteiger partial charge in [-0.25, -0.2) is 4.79 Å². The minimum absolute atomic E-state index is 0.0544. The molecule has 0 aliphatic heterocycles. The topological polar surface area (TPSA) is 55.8 Å². The highest BCUT2D eigenvalue weighted by atomic mass is 16.5. The first-order chi connectivity index (χ1) is 8.20. The van der Waals surface area contributed by atoms with Gasteiger partial charge in [-0.3, -0.25) is 0 Å². The highest BCUT2D eigenvalue weighted by Gasteiger charge is 2.22. The highest BCUT2D eigenvalue weighted by Crippen LogP contribution is 2.32. The molecule has 0 heterocycles. The second-order valence-electron chi connectivity index (χ2n) is 4.16. The standard InChI is InChI=1S/C13H16O4/c1-2-16-13(15)10-5-6-11(14)12(7-10)17-8-9-3-4-9/h5-7,9,14H,2-4,8H2,1H3. The summed E-state index contributed by atoms with van der Waals surface area (Å²) in [6.45, 7) is 2.68. The second kappa shape index (κ2) is 5.08. The van der Waals surface area contributed by atoms with Crippen molar-refractivity contribution >= 4 is 5.97 Å². The third-order valence-electron chi connectivity index (χ3n) is 2.64. The number of phenols is 1. The molecule has 0 atom stereocenters. The van der Waals surface area contributed by atoms with Gasteiger partial charge in [-0.05, 0) is 43.9 Å². The smallest absolute Gasteiger partial charge is 0.338 e. The van der Waals surface area contributed by atoms with Crippen LogP contribution in [0, 0.1) is 5.92 Å². The summed E-state index contributed by atoms with van der Waals surface area (Å²) >= 11 is 0. The summed E-state index contributed by atoms with van der Waals surface area (Å²) in [4.78, 5) is 11.5. The summed E-state index contributed by atoms with van der Waals surface area (Å²) in [5.41, 5.74) is 0.399. The van der Waals surface area contributed by atoms with Gasteiger partial charge in [0.15, 0.2) is 11.5 Å². The molecule has 0 aromatic heterocycles. The number of phenolic OH excluding ortho intramolecular Hbond substituents is 1. The van der Waals surface area contributed by atoms with Crippen molar-refractivity contribution < 1.29 is 19.4 Å². The average molecular weight is 236 g/mol. The van der Waals surface area contributed by atoms with Crippen molar-refractivity contribution in [3.63, 3.8) is 0 Å². The Bertz CT molecular complexity index is 410. The van der Waals surface area contributed by atoms with Gasteiger partial charge in [0.25, 0.3) is 0 Å². The highest BCUT2D eigenvalue weighted by molar-refractivity contribution is 5.90. The van der Waals surface area contributed by atoms with Gasteiger partial charge in [-0.2, -0.15) is 0 Å². The minimum atomic E-state index is -0.399. The summed E-state index contributed by atoms with van der Waals surface area (Å²) in [5, 5.41) is 9.60. The molecular weight excluding hydrogens is 220 g/mol. The fourth-order valence-corrected chi connectivity index (χ4v) is 1.46. The molecule has 1 aliphatic carbocycles. The fourth-order valence-electron chi connectivity index (χ4n) is 1.46. The molecule has 0 amide bonds. The molecule has 1 aliphatic rings. The molecule has 1 aromatic carbocycles. The molecule has 0 radical (unpaired) electrons. The van der Waals surface area contributed by atoms with E-state index >= 15 is 0 Å². The molecular formula is C13H16O4. The van der Waals surface area contributed by atoms with Crippen molar-refractivity contribution in [2.75, 3.05) is 13.2 Å². The number of hydrogen-bond donors (Lipinski definition) is 1. The quantitative estimate of drug-likeness (QED) is 0.797. The zero-order valence-corrected chi connectivity index (χ0v) is 9.81. The van der Waals surface area contributed by atoms with Crippen LogP contribution in [0.1, 0.15) is 30.1 Å². The number of rotatable bonds is 5. The maximum absolute atomic E-state index is 11.5. The van der Waals surface area contributed by atoms with E-state index in [4.69, 9.17) is 9.47 Å². The van der Waals surface area contributed by atoms with Crippen LogP contribution in [-0.2, 0) is 4.74 Å². The van der Waals surface area contributed by atoms with Gasteiger partial charge in [0.05, 0.1) is 18.8 Å². The number of hydrogen-bond acceptors (Lipinski definition) is 4. The van der Waals surface area contributed by atoms with Crippen molar-refractivity contribution in [2.45, 2.75) is 19.8 Å². The maximum Gasteiger partial charge on any atom is 0.338 e. The van der Waals surface area contributed by atoms with Crippen molar-refractivity contribution in [2.24, 2.45) is 5.92 Å². The van der Waals surface area contributed by atoms with Crippen LogP contribution < -0.4 is 4.74 Å². The van der Waals surface area contributed by atoms with Gasteiger partial charge in [0.2, 0.25) is 0 Å². The lowest BCUT2D eigenvalue weighted by Gasteiger charge is -2.09. The van der Waals surface area contributed by atoms with E-state index in [0.29, 0.717) is 30.4 Å².